The quantitative estimate of drug-likeness (QED) is 0.765. The fraction of sp³-hybridized carbons (Fsp3) is 0. The van der Waals surface area contributed by atoms with Gasteiger partial charge in [-0.3, -0.25) is 0 Å². The van der Waals surface area contributed by atoms with Crippen LogP contribution < -0.4 is 5.73 Å². The molecule has 17 heavy (non-hydrogen) atoms. The lowest BCUT2D eigenvalue weighted by atomic mass is 10.0. The number of nitrogens with two attached hydrogens (primary N) is 1. The normalized spacial score (nSPS) is 9.94. The van der Waals surface area contributed by atoms with Gasteiger partial charge in [-0.05, 0) is 42.0 Å². The molecule has 0 unspecified atom stereocenters. The van der Waals surface area contributed by atoms with Crippen LogP contribution in [0.1, 0.15) is 5.56 Å². The number of anilines is 1. The Balaban J connectivity index is 2.64. The molecule has 0 aliphatic carbocycles. The maximum atomic E-state index is 13.2. The van der Waals surface area contributed by atoms with Crippen molar-refractivity contribution in [1.29, 1.82) is 5.26 Å². The van der Waals surface area contributed by atoms with Crippen LogP contribution in [-0.4, -0.2) is 0 Å². The van der Waals surface area contributed by atoms with Gasteiger partial charge in [0.2, 0.25) is 0 Å². The molecule has 0 aromatic heterocycles. The standard InChI is InChI=1S/C13H8F2N2/c14-10-1-2-13(17)12(6-10)9-3-8(7-16)4-11(15)5-9/h1-6H,17H2. The lowest BCUT2D eigenvalue weighted by molar-refractivity contribution is 0.626. The van der Waals surface area contributed by atoms with Crippen LogP contribution in [0.3, 0.4) is 0 Å². The molecule has 84 valence electrons. The first-order chi connectivity index (χ1) is 8.10. The van der Waals surface area contributed by atoms with Crippen LogP contribution in [0.4, 0.5) is 14.5 Å². The van der Waals surface area contributed by atoms with E-state index in [4.69, 9.17) is 11.0 Å². The topological polar surface area (TPSA) is 49.8 Å². The van der Waals surface area contributed by atoms with E-state index >= 15 is 0 Å². The van der Waals surface area contributed by atoms with Gasteiger partial charge in [0.25, 0.3) is 0 Å². The Morgan fingerprint density at radius 1 is 1.00 bits per heavy atom. The predicted octanol–water partition coefficient (Wildman–Crippen LogP) is 3.09. The number of benzene rings is 2. The van der Waals surface area contributed by atoms with Gasteiger partial charge < -0.3 is 5.73 Å². The SMILES string of the molecule is N#Cc1cc(F)cc(-c2cc(F)ccc2N)c1. The Morgan fingerprint density at radius 3 is 2.47 bits per heavy atom. The third-order valence-electron chi connectivity index (χ3n) is 2.35. The van der Waals surface area contributed by atoms with Gasteiger partial charge in [-0.1, -0.05) is 0 Å². The average molecular weight is 230 g/mol. The van der Waals surface area contributed by atoms with Crippen LogP contribution in [0.15, 0.2) is 36.4 Å². The minimum Gasteiger partial charge on any atom is -0.398 e. The summed E-state index contributed by atoms with van der Waals surface area (Å²) < 4.78 is 26.3. The summed E-state index contributed by atoms with van der Waals surface area (Å²) in [5, 5.41) is 8.74. The lowest BCUT2D eigenvalue weighted by Gasteiger charge is -2.06. The summed E-state index contributed by atoms with van der Waals surface area (Å²) in [5.74, 6) is -1.01. The number of halogens is 2. The minimum absolute atomic E-state index is 0.170. The molecule has 0 radical (unpaired) electrons. The molecule has 2 N–H and O–H groups in total. The van der Waals surface area contributed by atoms with E-state index in [1.165, 1.54) is 30.3 Å². The van der Waals surface area contributed by atoms with Gasteiger partial charge in [0.05, 0.1) is 11.6 Å². The fourth-order valence-electron chi connectivity index (χ4n) is 1.59. The monoisotopic (exact) mass is 230 g/mol. The number of nitriles is 1. The van der Waals surface area contributed by atoms with E-state index in [9.17, 15) is 8.78 Å². The molecule has 2 nitrogen and oxygen atoms in total. The Hall–Kier alpha value is -2.41. The Kier molecular flexibility index (Phi) is 2.75. The number of hydrogen-bond donors (Lipinski definition) is 1. The van der Waals surface area contributed by atoms with Crippen molar-refractivity contribution in [3.05, 3.63) is 53.6 Å². The summed E-state index contributed by atoms with van der Waals surface area (Å²) in [4.78, 5) is 0. The molecule has 0 aliphatic rings. The van der Waals surface area contributed by atoms with Gasteiger partial charge in [0.1, 0.15) is 11.6 Å². The Bertz CT molecular complexity index is 615. The van der Waals surface area contributed by atoms with Gasteiger partial charge in [-0.2, -0.15) is 5.26 Å². The molecule has 4 heteroatoms. The zero-order valence-electron chi connectivity index (χ0n) is 8.74. The summed E-state index contributed by atoms with van der Waals surface area (Å²) in [6.45, 7) is 0. The highest BCUT2D eigenvalue weighted by molar-refractivity contribution is 5.77. The second-order valence-corrected chi connectivity index (χ2v) is 3.57. The van der Waals surface area contributed by atoms with Crippen molar-refractivity contribution >= 4 is 5.69 Å². The highest BCUT2D eigenvalue weighted by Gasteiger charge is 2.07. The van der Waals surface area contributed by atoms with Gasteiger partial charge >= 0.3 is 0 Å². The van der Waals surface area contributed by atoms with Crippen molar-refractivity contribution in [2.45, 2.75) is 0 Å². The zero-order valence-corrected chi connectivity index (χ0v) is 8.74. The van der Waals surface area contributed by atoms with E-state index < -0.39 is 11.6 Å². The molecule has 0 amide bonds. The van der Waals surface area contributed by atoms with Crippen molar-refractivity contribution in [2.75, 3.05) is 5.73 Å². The van der Waals surface area contributed by atoms with E-state index in [0.29, 0.717) is 16.8 Å². The molecule has 0 heterocycles. The van der Waals surface area contributed by atoms with Crippen LogP contribution in [0.2, 0.25) is 0 Å². The molecule has 0 saturated heterocycles. The smallest absolute Gasteiger partial charge is 0.125 e. The summed E-state index contributed by atoms with van der Waals surface area (Å²) in [5.41, 5.74) is 6.96. The highest BCUT2D eigenvalue weighted by atomic mass is 19.1. The number of nitrogen functional groups attached to an aromatic ring is 1. The summed E-state index contributed by atoms with van der Waals surface area (Å²) >= 11 is 0. The van der Waals surface area contributed by atoms with Crippen LogP contribution >= 0.6 is 0 Å². The van der Waals surface area contributed by atoms with Gasteiger partial charge in [0, 0.05) is 11.3 Å². The van der Waals surface area contributed by atoms with Gasteiger partial charge in [-0.15, -0.1) is 0 Å². The highest BCUT2D eigenvalue weighted by Crippen LogP contribution is 2.28. The second kappa shape index (κ2) is 4.22. The lowest BCUT2D eigenvalue weighted by Crippen LogP contribution is -1.92. The van der Waals surface area contributed by atoms with Crippen LogP contribution in [0.25, 0.3) is 11.1 Å². The molecular formula is C13H8F2N2. The first-order valence-corrected chi connectivity index (χ1v) is 4.86. The molecule has 2 aromatic carbocycles. The van der Waals surface area contributed by atoms with Crippen molar-refractivity contribution in [2.24, 2.45) is 0 Å². The summed E-state index contributed by atoms with van der Waals surface area (Å²) in [7, 11) is 0. The average Bonchev–Trinajstić information content (AvgIpc) is 2.31. The zero-order chi connectivity index (χ0) is 12.4. The van der Waals surface area contributed by atoms with E-state index in [1.54, 1.807) is 0 Å². The molecule has 2 rings (SSSR count). The third-order valence-corrected chi connectivity index (χ3v) is 2.35. The fourth-order valence-corrected chi connectivity index (χ4v) is 1.59. The molecule has 2 aromatic rings. The molecule has 0 fully saturated rings. The Labute approximate surface area is 96.9 Å². The predicted molar refractivity (Wildman–Crippen MR) is 60.9 cm³/mol. The summed E-state index contributed by atoms with van der Waals surface area (Å²) in [6.07, 6.45) is 0. The second-order valence-electron chi connectivity index (χ2n) is 3.57. The van der Waals surface area contributed by atoms with Crippen molar-refractivity contribution in [3.63, 3.8) is 0 Å². The van der Waals surface area contributed by atoms with Crippen LogP contribution in [-0.2, 0) is 0 Å². The maximum Gasteiger partial charge on any atom is 0.125 e. The van der Waals surface area contributed by atoms with Crippen molar-refractivity contribution in [1.82, 2.24) is 0 Å². The first-order valence-electron chi connectivity index (χ1n) is 4.86. The van der Waals surface area contributed by atoms with Gasteiger partial charge in [0.15, 0.2) is 0 Å². The van der Waals surface area contributed by atoms with E-state index in [-0.39, 0.29) is 5.56 Å². The van der Waals surface area contributed by atoms with Crippen molar-refractivity contribution in [3.8, 4) is 17.2 Å². The molecule has 0 saturated carbocycles. The van der Waals surface area contributed by atoms with E-state index in [2.05, 4.69) is 0 Å². The van der Waals surface area contributed by atoms with Crippen LogP contribution in [0, 0.1) is 23.0 Å². The summed E-state index contributed by atoms with van der Waals surface area (Å²) in [6, 6.07) is 9.47. The van der Waals surface area contributed by atoms with Crippen LogP contribution in [0.5, 0.6) is 0 Å². The minimum atomic E-state index is -0.553. The molecule has 0 aliphatic heterocycles. The number of nitrogens with zero attached hydrogens (tertiary/aromatic N) is 1. The first kappa shape index (κ1) is 11.1. The number of rotatable bonds is 1. The van der Waals surface area contributed by atoms with E-state index in [0.717, 1.165) is 6.07 Å². The van der Waals surface area contributed by atoms with Gasteiger partial charge in [-0.25, -0.2) is 8.78 Å². The molecular weight excluding hydrogens is 222 g/mol. The van der Waals surface area contributed by atoms with Crippen molar-refractivity contribution < 1.29 is 8.78 Å². The molecule has 0 spiro atoms. The third kappa shape index (κ3) is 2.23. The molecule has 0 atom stereocenters. The van der Waals surface area contributed by atoms with E-state index in [1.807, 2.05) is 6.07 Å². The largest absolute Gasteiger partial charge is 0.398 e. The Morgan fingerprint density at radius 2 is 1.76 bits per heavy atom. The number of hydrogen-bond acceptors (Lipinski definition) is 2. The maximum absolute atomic E-state index is 13.2. The molecule has 0 bridgehead atoms.